The van der Waals surface area contributed by atoms with Gasteiger partial charge in [0.25, 0.3) is 0 Å². The summed E-state index contributed by atoms with van der Waals surface area (Å²) in [5, 5.41) is 13.0. The molecule has 2 heteroatoms. The summed E-state index contributed by atoms with van der Waals surface area (Å²) in [5.74, 6) is 1.05. The maximum Gasteiger partial charge on any atom is 0.109 e. The van der Waals surface area contributed by atoms with Crippen LogP contribution in [0.1, 0.15) is 53.9 Å². The minimum absolute atomic E-state index is 0.278. The molecule has 0 amide bonds. The Morgan fingerprint density at radius 3 is 2.44 bits per heavy atom. The first kappa shape index (κ1) is 13.5. The van der Waals surface area contributed by atoms with Crippen molar-refractivity contribution in [3.63, 3.8) is 0 Å². The van der Waals surface area contributed by atoms with Gasteiger partial charge in [0.1, 0.15) is 5.54 Å². The first-order valence-electron chi connectivity index (χ1n) is 6.48. The molecule has 0 aromatic rings. The Balaban J connectivity index is 2.71. The number of rotatable bonds is 3. The highest BCUT2D eigenvalue weighted by atomic mass is 15.0. The summed E-state index contributed by atoms with van der Waals surface area (Å²) >= 11 is 0. The first-order valence-corrected chi connectivity index (χ1v) is 6.48. The van der Waals surface area contributed by atoms with Crippen LogP contribution in [0.4, 0.5) is 0 Å². The topological polar surface area (TPSA) is 35.8 Å². The van der Waals surface area contributed by atoms with Gasteiger partial charge in [0.15, 0.2) is 0 Å². The molecule has 2 unspecified atom stereocenters. The Bertz CT molecular complexity index is 271. The molecule has 1 N–H and O–H groups in total. The van der Waals surface area contributed by atoms with Gasteiger partial charge in [-0.2, -0.15) is 5.26 Å². The van der Waals surface area contributed by atoms with E-state index in [1.807, 2.05) is 0 Å². The van der Waals surface area contributed by atoms with Gasteiger partial charge in [0.2, 0.25) is 0 Å². The van der Waals surface area contributed by atoms with E-state index in [1.165, 1.54) is 0 Å². The van der Waals surface area contributed by atoms with Crippen LogP contribution in [0.25, 0.3) is 0 Å². The van der Waals surface area contributed by atoms with Gasteiger partial charge in [-0.3, -0.25) is 5.32 Å². The molecule has 0 aromatic carbocycles. The van der Waals surface area contributed by atoms with Crippen molar-refractivity contribution in [1.82, 2.24) is 5.32 Å². The monoisotopic (exact) mass is 222 g/mol. The summed E-state index contributed by atoms with van der Waals surface area (Å²) in [6, 6.07) is 2.55. The maximum atomic E-state index is 9.48. The van der Waals surface area contributed by atoms with E-state index in [9.17, 15) is 5.26 Å². The zero-order chi connectivity index (χ0) is 12.4. The molecule has 1 aliphatic carbocycles. The zero-order valence-corrected chi connectivity index (χ0v) is 11.4. The molecule has 0 saturated heterocycles. The van der Waals surface area contributed by atoms with Gasteiger partial charge in [-0.05, 0) is 43.1 Å². The minimum Gasteiger partial charge on any atom is -0.299 e. The Morgan fingerprint density at radius 2 is 2.00 bits per heavy atom. The van der Waals surface area contributed by atoms with Gasteiger partial charge in [-0.15, -0.1) is 0 Å². The third-order valence-electron chi connectivity index (χ3n) is 3.92. The normalized spacial score (nSPS) is 33.7. The lowest BCUT2D eigenvalue weighted by molar-refractivity contribution is 0.107. The van der Waals surface area contributed by atoms with E-state index in [0.717, 1.165) is 25.8 Å². The van der Waals surface area contributed by atoms with Crippen LogP contribution in [0.15, 0.2) is 0 Å². The molecule has 1 fully saturated rings. The van der Waals surface area contributed by atoms with Crippen molar-refractivity contribution in [2.24, 2.45) is 17.3 Å². The van der Waals surface area contributed by atoms with Crippen molar-refractivity contribution in [2.45, 2.75) is 59.4 Å². The molecule has 0 aliphatic heterocycles. The fourth-order valence-electron chi connectivity index (χ4n) is 2.74. The fourth-order valence-corrected chi connectivity index (χ4v) is 2.74. The lowest BCUT2D eigenvalue weighted by Gasteiger charge is -2.45. The quantitative estimate of drug-likeness (QED) is 0.795. The Hall–Kier alpha value is -0.550. The number of nitrogens with one attached hydrogen (secondary N) is 1. The van der Waals surface area contributed by atoms with Crippen molar-refractivity contribution in [3.05, 3.63) is 0 Å². The second-order valence-electron chi connectivity index (χ2n) is 6.63. The minimum atomic E-state index is -0.278. The highest BCUT2D eigenvalue weighted by Gasteiger charge is 2.43. The van der Waals surface area contributed by atoms with Gasteiger partial charge >= 0.3 is 0 Å². The van der Waals surface area contributed by atoms with Gasteiger partial charge in [0.05, 0.1) is 6.07 Å². The Labute approximate surface area is 100 Å². The standard InChI is InChI=1S/C14H26N2/c1-11(2)9-16-14(10-15)7-6-13(4,5)8-12(14)3/h11-12,16H,6-9H2,1-5H3. The van der Waals surface area contributed by atoms with Gasteiger partial charge in [-0.25, -0.2) is 0 Å². The van der Waals surface area contributed by atoms with Crippen molar-refractivity contribution in [3.8, 4) is 6.07 Å². The maximum absolute atomic E-state index is 9.48. The Morgan fingerprint density at radius 1 is 1.38 bits per heavy atom. The summed E-state index contributed by atoms with van der Waals surface area (Å²) in [6.45, 7) is 12.2. The lowest BCUT2D eigenvalue weighted by Crippen LogP contribution is -2.54. The SMILES string of the molecule is CC(C)CNC1(C#N)CCC(C)(C)CC1C. The number of nitrogens with zero attached hydrogens (tertiary/aromatic N) is 1. The molecular formula is C14H26N2. The molecule has 0 radical (unpaired) electrons. The summed E-state index contributed by atoms with van der Waals surface area (Å²) in [6.07, 6.45) is 3.28. The Kier molecular flexibility index (Phi) is 4.02. The van der Waals surface area contributed by atoms with E-state index in [2.05, 4.69) is 46.0 Å². The third kappa shape index (κ3) is 2.98. The fraction of sp³-hybridized carbons (Fsp3) is 0.929. The van der Waals surface area contributed by atoms with E-state index >= 15 is 0 Å². The third-order valence-corrected chi connectivity index (χ3v) is 3.92. The summed E-state index contributed by atoms with van der Waals surface area (Å²) < 4.78 is 0. The molecule has 92 valence electrons. The summed E-state index contributed by atoms with van der Waals surface area (Å²) in [4.78, 5) is 0. The van der Waals surface area contributed by atoms with Crippen LogP contribution >= 0.6 is 0 Å². The number of hydrogen-bond acceptors (Lipinski definition) is 2. The van der Waals surface area contributed by atoms with E-state index in [4.69, 9.17) is 0 Å². The predicted octanol–water partition coefficient (Wildman–Crippen LogP) is 3.34. The summed E-state index contributed by atoms with van der Waals surface area (Å²) in [5.41, 5.74) is 0.124. The molecule has 0 heterocycles. The van der Waals surface area contributed by atoms with Crippen molar-refractivity contribution < 1.29 is 0 Å². The first-order chi connectivity index (χ1) is 7.31. The van der Waals surface area contributed by atoms with E-state index < -0.39 is 0 Å². The molecule has 0 spiro atoms. The summed E-state index contributed by atoms with van der Waals surface area (Å²) in [7, 11) is 0. The van der Waals surface area contributed by atoms with E-state index in [-0.39, 0.29) is 5.54 Å². The van der Waals surface area contributed by atoms with Gasteiger partial charge in [-0.1, -0.05) is 34.6 Å². The molecule has 0 aromatic heterocycles. The molecule has 0 bridgehead atoms. The molecule has 1 rings (SSSR count). The van der Waals surface area contributed by atoms with Gasteiger partial charge in [0, 0.05) is 0 Å². The van der Waals surface area contributed by atoms with Gasteiger partial charge < -0.3 is 0 Å². The highest BCUT2D eigenvalue weighted by Crippen LogP contribution is 2.43. The molecule has 1 saturated carbocycles. The molecule has 2 atom stereocenters. The largest absolute Gasteiger partial charge is 0.299 e. The molecule has 1 aliphatic rings. The van der Waals surface area contributed by atoms with E-state index in [0.29, 0.717) is 17.3 Å². The van der Waals surface area contributed by atoms with Crippen LogP contribution in [0.3, 0.4) is 0 Å². The number of hydrogen-bond donors (Lipinski definition) is 1. The zero-order valence-electron chi connectivity index (χ0n) is 11.4. The highest BCUT2D eigenvalue weighted by molar-refractivity contribution is 5.13. The predicted molar refractivity (Wildman–Crippen MR) is 68.0 cm³/mol. The lowest BCUT2D eigenvalue weighted by atomic mass is 9.64. The van der Waals surface area contributed by atoms with Crippen molar-refractivity contribution in [2.75, 3.05) is 6.54 Å². The van der Waals surface area contributed by atoms with E-state index in [1.54, 1.807) is 0 Å². The average Bonchev–Trinajstić information content (AvgIpc) is 2.16. The second kappa shape index (κ2) is 4.75. The molecule has 16 heavy (non-hydrogen) atoms. The van der Waals surface area contributed by atoms with Crippen LogP contribution in [0.2, 0.25) is 0 Å². The van der Waals surface area contributed by atoms with Crippen LogP contribution in [0, 0.1) is 28.6 Å². The average molecular weight is 222 g/mol. The molecule has 2 nitrogen and oxygen atoms in total. The van der Waals surface area contributed by atoms with Crippen LogP contribution < -0.4 is 5.32 Å². The van der Waals surface area contributed by atoms with Crippen LogP contribution in [0.5, 0.6) is 0 Å². The van der Waals surface area contributed by atoms with Crippen molar-refractivity contribution >= 4 is 0 Å². The van der Waals surface area contributed by atoms with Crippen molar-refractivity contribution in [1.29, 1.82) is 5.26 Å². The molecular weight excluding hydrogens is 196 g/mol. The second-order valence-corrected chi connectivity index (χ2v) is 6.63. The number of nitriles is 1. The smallest absolute Gasteiger partial charge is 0.109 e. The van der Waals surface area contributed by atoms with Crippen LogP contribution in [-0.2, 0) is 0 Å². The van der Waals surface area contributed by atoms with Crippen LogP contribution in [-0.4, -0.2) is 12.1 Å².